The zero-order valence-electron chi connectivity index (χ0n) is 19.8. The number of nitrogens with zero attached hydrogens (tertiary/aromatic N) is 3. The molecule has 2 aromatic carbocycles. The highest BCUT2D eigenvalue weighted by molar-refractivity contribution is 6.10. The topological polar surface area (TPSA) is 82.2 Å². The van der Waals surface area contributed by atoms with Gasteiger partial charge in [0.1, 0.15) is 12.3 Å². The Hall–Kier alpha value is -3.90. The van der Waals surface area contributed by atoms with Gasteiger partial charge < -0.3 is 24.8 Å². The van der Waals surface area contributed by atoms with Crippen LogP contribution >= 0.6 is 0 Å². The molecule has 37 heavy (non-hydrogen) atoms. The predicted molar refractivity (Wildman–Crippen MR) is 121 cm³/mol. The summed E-state index contributed by atoms with van der Waals surface area (Å²) in [4.78, 5) is 42.9. The molecule has 2 aromatic rings. The standard InChI is InChI=1S/C24H23F5N4O4/c1-22(25,26)16-5-3-15(4-6-16)11-33-19(34)12-32(17-7-9-18(10-8-17)37-24(27,28)29)20(35)23(33)13-31(14-23)21(36)30-2/h3-10H,11-14H2,1-2H3,(H,30,36). The fourth-order valence-corrected chi connectivity index (χ4v) is 4.45. The van der Waals surface area contributed by atoms with E-state index in [0.717, 1.165) is 24.0 Å². The molecule has 0 aliphatic carbocycles. The summed E-state index contributed by atoms with van der Waals surface area (Å²) in [6.07, 6.45) is -4.89. The lowest BCUT2D eigenvalue weighted by molar-refractivity contribution is -0.274. The SMILES string of the molecule is CNC(=O)N1CC2(C1)C(=O)N(c1ccc(OC(F)(F)F)cc1)CC(=O)N2Cc1ccc(C(C)(F)F)cc1. The van der Waals surface area contributed by atoms with E-state index in [1.807, 2.05) is 0 Å². The Kier molecular flexibility index (Phi) is 6.51. The number of rotatable bonds is 5. The van der Waals surface area contributed by atoms with Gasteiger partial charge in [-0.1, -0.05) is 24.3 Å². The molecule has 1 N–H and O–H groups in total. The highest BCUT2D eigenvalue weighted by Gasteiger charge is 2.60. The number of anilines is 1. The van der Waals surface area contributed by atoms with Crippen molar-refractivity contribution in [1.29, 1.82) is 0 Å². The van der Waals surface area contributed by atoms with E-state index >= 15 is 0 Å². The quantitative estimate of drug-likeness (QED) is 0.606. The second-order valence-electron chi connectivity index (χ2n) is 8.94. The van der Waals surface area contributed by atoms with Crippen molar-refractivity contribution in [3.8, 4) is 5.75 Å². The van der Waals surface area contributed by atoms with Crippen molar-refractivity contribution in [1.82, 2.24) is 15.1 Å². The average molecular weight is 526 g/mol. The molecule has 0 saturated carbocycles. The highest BCUT2D eigenvalue weighted by Crippen LogP contribution is 2.37. The van der Waals surface area contributed by atoms with Gasteiger partial charge in [0.25, 0.3) is 11.8 Å². The van der Waals surface area contributed by atoms with E-state index in [2.05, 4.69) is 10.1 Å². The van der Waals surface area contributed by atoms with Crippen LogP contribution in [0.5, 0.6) is 5.75 Å². The first kappa shape index (κ1) is 26.2. The summed E-state index contributed by atoms with van der Waals surface area (Å²) < 4.78 is 68.5. The first-order valence-corrected chi connectivity index (χ1v) is 11.2. The number of halogens is 5. The molecular weight excluding hydrogens is 503 g/mol. The second-order valence-corrected chi connectivity index (χ2v) is 8.94. The van der Waals surface area contributed by atoms with Crippen LogP contribution in [-0.4, -0.2) is 66.2 Å². The summed E-state index contributed by atoms with van der Waals surface area (Å²) in [5, 5.41) is 2.45. The van der Waals surface area contributed by atoms with Crippen LogP contribution in [0.3, 0.4) is 0 Å². The third-order valence-electron chi connectivity index (χ3n) is 6.34. The normalized spacial score (nSPS) is 17.6. The van der Waals surface area contributed by atoms with Crippen molar-refractivity contribution in [2.45, 2.75) is 31.3 Å². The van der Waals surface area contributed by atoms with Crippen molar-refractivity contribution < 1.29 is 41.1 Å². The number of likely N-dealkylation sites (tertiary alicyclic amines) is 1. The van der Waals surface area contributed by atoms with Crippen LogP contribution in [0.4, 0.5) is 32.4 Å². The van der Waals surface area contributed by atoms with Gasteiger partial charge in [-0.3, -0.25) is 9.59 Å². The van der Waals surface area contributed by atoms with Crippen molar-refractivity contribution >= 4 is 23.5 Å². The lowest BCUT2D eigenvalue weighted by atomic mass is 9.83. The maximum atomic E-state index is 13.7. The minimum Gasteiger partial charge on any atom is -0.406 e. The van der Waals surface area contributed by atoms with Gasteiger partial charge in [-0.2, -0.15) is 0 Å². The number of hydrogen-bond donors (Lipinski definition) is 1. The number of amides is 4. The van der Waals surface area contributed by atoms with E-state index < -0.39 is 48.0 Å². The Bertz CT molecular complexity index is 1190. The first-order valence-electron chi connectivity index (χ1n) is 11.2. The molecule has 8 nitrogen and oxygen atoms in total. The molecule has 4 amide bonds. The zero-order valence-corrected chi connectivity index (χ0v) is 19.8. The number of piperazine rings is 1. The molecule has 2 aliphatic heterocycles. The molecule has 1 spiro atoms. The van der Waals surface area contributed by atoms with Gasteiger partial charge >= 0.3 is 12.4 Å². The molecule has 2 aliphatic rings. The van der Waals surface area contributed by atoms with Gasteiger partial charge in [0.15, 0.2) is 5.54 Å². The minimum atomic E-state index is -4.89. The Labute approximate surface area is 208 Å². The monoisotopic (exact) mass is 526 g/mol. The van der Waals surface area contributed by atoms with Gasteiger partial charge in [0.05, 0.1) is 13.1 Å². The van der Waals surface area contributed by atoms with Gasteiger partial charge in [0, 0.05) is 31.8 Å². The van der Waals surface area contributed by atoms with E-state index in [0.29, 0.717) is 5.56 Å². The average Bonchev–Trinajstić information content (AvgIpc) is 2.79. The lowest BCUT2D eigenvalue weighted by Gasteiger charge is -2.57. The lowest BCUT2D eigenvalue weighted by Crippen LogP contribution is -2.81. The van der Waals surface area contributed by atoms with E-state index in [-0.39, 0.29) is 30.9 Å². The highest BCUT2D eigenvalue weighted by atomic mass is 19.4. The molecule has 0 bridgehead atoms. The Balaban J connectivity index is 1.61. The second kappa shape index (κ2) is 9.20. The van der Waals surface area contributed by atoms with Crippen LogP contribution < -0.4 is 15.0 Å². The number of carbonyl (C=O) groups is 3. The Morgan fingerprint density at radius 1 is 1.00 bits per heavy atom. The molecule has 13 heteroatoms. The van der Waals surface area contributed by atoms with E-state index in [9.17, 15) is 36.3 Å². The summed E-state index contributed by atoms with van der Waals surface area (Å²) in [5.41, 5.74) is -0.949. The number of ether oxygens (including phenoxy) is 1. The summed E-state index contributed by atoms with van der Waals surface area (Å²) in [5.74, 6) is -4.52. The number of nitrogens with one attached hydrogen (secondary N) is 1. The number of benzene rings is 2. The summed E-state index contributed by atoms with van der Waals surface area (Å²) >= 11 is 0. The Morgan fingerprint density at radius 2 is 1.59 bits per heavy atom. The Morgan fingerprint density at radius 3 is 2.11 bits per heavy atom. The molecule has 0 radical (unpaired) electrons. The smallest absolute Gasteiger partial charge is 0.406 e. The third kappa shape index (κ3) is 5.16. The van der Waals surface area contributed by atoms with E-state index in [4.69, 9.17) is 0 Å². The molecular formula is C24H23F5N4O4. The molecule has 0 unspecified atom stereocenters. The van der Waals surface area contributed by atoms with Gasteiger partial charge in [-0.15, -0.1) is 13.2 Å². The third-order valence-corrected chi connectivity index (χ3v) is 6.34. The van der Waals surface area contributed by atoms with Crippen LogP contribution in [0.1, 0.15) is 18.1 Å². The van der Waals surface area contributed by atoms with Gasteiger partial charge in [-0.25, -0.2) is 13.6 Å². The van der Waals surface area contributed by atoms with Crippen LogP contribution in [0.2, 0.25) is 0 Å². The summed E-state index contributed by atoms with van der Waals surface area (Å²) in [6, 6.07) is 9.44. The maximum absolute atomic E-state index is 13.7. The molecule has 4 rings (SSSR count). The summed E-state index contributed by atoms with van der Waals surface area (Å²) in [7, 11) is 1.42. The number of urea groups is 1. The maximum Gasteiger partial charge on any atom is 0.573 e. The molecule has 0 aromatic heterocycles. The zero-order chi connectivity index (χ0) is 27.2. The van der Waals surface area contributed by atoms with Crippen LogP contribution in [0.25, 0.3) is 0 Å². The van der Waals surface area contributed by atoms with Crippen molar-refractivity contribution in [2.75, 3.05) is 31.6 Å². The first-order chi connectivity index (χ1) is 17.2. The molecule has 2 heterocycles. The molecule has 198 valence electrons. The van der Waals surface area contributed by atoms with E-state index in [1.54, 1.807) is 0 Å². The molecule has 2 saturated heterocycles. The molecule has 2 fully saturated rings. The van der Waals surface area contributed by atoms with Gasteiger partial charge in [0.2, 0.25) is 5.91 Å². The fourth-order valence-electron chi connectivity index (χ4n) is 4.45. The predicted octanol–water partition coefficient (Wildman–Crippen LogP) is 3.47. The van der Waals surface area contributed by atoms with E-state index in [1.165, 1.54) is 53.2 Å². The number of carbonyl (C=O) groups excluding carboxylic acids is 3. The number of alkyl halides is 5. The largest absolute Gasteiger partial charge is 0.573 e. The van der Waals surface area contributed by atoms with Crippen LogP contribution in [0.15, 0.2) is 48.5 Å². The van der Waals surface area contributed by atoms with Crippen LogP contribution in [-0.2, 0) is 22.1 Å². The van der Waals surface area contributed by atoms with Crippen molar-refractivity contribution in [3.63, 3.8) is 0 Å². The summed E-state index contributed by atoms with van der Waals surface area (Å²) in [6.45, 7) is 0.0727. The fraction of sp³-hybridized carbons (Fsp3) is 0.375. The minimum absolute atomic E-state index is 0.0616. The van der Waals surface area contributed by atoms with Gasteiger partial charge in [-0.05, 0) is 29.8 Å². The van der Waals surface area contributed by atoms with Crippen molar-refractivity contribution in [2.24, 2.45) is 0 Å². The van der Waals surface area contributed by atoms with Crippen molar-refractivity contribution in [3.05, 3.63) is 59.7 Å². The molecule has 0 atom stereocenters. The number of hydrogen-bond acceptors (Lipinski definition) is 4. The van der Waals surface area contributed by atoms with Crippen LogP contribution in [0, 0.1) is 0 Å².